The third-order valence-corrected chi connectivity index (χ3v) is 7.30. The molecule has 6 nitrogen and oxygen atoms in total. The minimum absolute atomic E-state index is 0.480. The SMILES string of the molecule is CC1CCN(c2cc(N3CCC(C)CC3)nc(NC(=S)NC3CCCCC3)n2)CC1. The molecule has 2 N–H and O–H groups in total. The van der Waals surface area contributed by atoms with E-state index in [0.29, 0.717) is 17.1 Å². The molecule has 30 heavy (non-hydrogen) atoms. The van der Waals surface area contributed by atoms with Gasteiger partial charge in [-0.1, -0.05) is 33.1 Å². The number of hydrogen-bond donors (Lipinski definition) is 2. The van der Waals surface area contributed by atoms with E-state index in [-0.39, 0.29) is 0 Å². The molecule has 7 heteroatoms. The zero-order chi connectivity index (χ0) is 20.9. The Kier molecular flexibility index (Phi) is 7.28. The van der Waals surface area contributed by atoms with Gasteiger partial charge >= 0.3 is 0 Å². The van der Waals surface area contributed by atoms with E-state index in [0.717, 1.165) is 49.7 Å². The van der Waals surface area contributed by atoms with Crippen LogP contribution >= 0.6 is 12.2 Å². The van der Waals surface area contributed by atoms with Gasteiger partial charge in [0.2, 0.25) is 5.95 Å². The van der Waals surface area contributed by atoms with E-state index in [4.69, 9.17) is 22.2 Å². The number of rotatable bonds is 4. The van der Waals surface area contributed by atoms with Gasteiger partial charge < -0.3 is 20.4 Å². The second-order valence-corrected chi connectivity index (χ2v) is 10.1. The lowest BCUT2D eigenvalue weighted by Crippen LogP contribution is -2.40. The van der Waals surface area contributed by atoms with Crippen LogP contribution in [-0.4, -0.2) is 47.3 Å². The molecule has 1 aliphatic carbocycles. The predicted octanol–water partition coefficient (Wildman–Crippen LogP) is 4.57. The molecule has 0 amide bonds. The Labute approximate surface area is 187 Å². The lowest BCUT2D eigenvalue weighted by atomic mass is 9.96. The Balaban J connectivity index is 1.49. The first-order valence-corrected chi connectivity index (χ1v) is 12.4. The highest BCUT2D eigenvalue weighted by atomic mass is 32.1. The van der Waals surface area contributed by atoms with Crippen molar-refractivity contribution < 1.29 is 0 Å². The number of aromatic nitrogens is 2. The van der Waals surface area contributed by atoms with Crippen LogP contribution in [0.5, 0.6) is 0 Å². The molecule has 3 aliphatic rings. The third kappa shape index (κ3) is 5.74. The lowest BCUT2D eigenvalue weighted by Gasteiger charge is -2.34. The van der Waals surface area contributed by atoms with E-state index in [9.17, 15) is 0 Å². The van der Waals surface area contributed by atoms with Gasteiger partial charge in [0, 0.05) is 38.3 Å². The van der Waals surface area contributed by atoms with Gasteiger partial charge in [-0.25, -0.2) is 0 Å². The van der Waals surface area contributed by atoms with Crippen molar-refractivity contribution in [2.45, 2.75) is 77.7 Å². The molecule has 2 aliphatic heterocycles. The molecular weight excluding hydrogens is 392 g/mol. The smallest absolute Gasteiger partial charge is 0.232 e. The monoisotopic (exact) mass is 430 g/mol. The average Bonchev–Trinajstić information content (AvgIpc) is 2.75. The Hall–Kier alpha value is -1.63. The normalized spacial score (nSPS) is 22.2. The fourth-order valence-electron chi connectivity index (χ4n) is 4.85. The standard InChI is InChI=1S/C23H38N6S/c1-17-8-12-28(13-9-17)20-16-21(29-14-10-18(2)11-15-29)26-22(25-20)27-23(30)24-19-6-4-3-5-7-19/h16-19H,3-15H2,1-2H3,(H2,24,25,26,27,30). The molecule has 166 valence electrons. The quantitative estimate of drug-likeness (QED) is 0.679. The zero-order valence-electron chi connectivity index (χ0n) is 18.7. The highest BCUT2D eigenvalue weighted by Crippen LogP contribution is 2.28. The first kappa shape index (κ1) is 21.6. The van der Waals surface area contributed by atoms with Gasteiger partial charge in [0.15, 0.2) is 5.11 Å². The van der Waals surface area contributed by atoms with Crippen molar-refractivity contribution in [3.63, 3.8) is 0 Å². The van der Waals surface area contributed by atoms with Crippen LogP contribution in [0.4, 0.5) is 17.6 Å². The molecule has 1 aromatic heterocycles. The van der Waals surface area contributed by atoms with Gasteiger partial charge in [-0.2, -0.15) is 9.97 Å². The number of anilines is 3. The number of nitrogens with zero attached hydrogens (tertiary/aromatic N) is 4. The molecule has 3 heterocycles. The van der Waals surface area contributed by atoms with E-state index in [1.54, 1.807) is 0 Å². The summed E-state index contributed by atoms with van der Waals surface area (Å²) in [5, 5.41) is 7.46. The fraction of sp³-hybridized carbons (Fsp3) is 0.783. The predicted molar refractivity (Wildman–Crippen MR) is 129 cm³/mol. The van der Waals surface area contributed by atoms with Crippen LogP contribution in [0.1, 0.15) is 71.6 Å². The van der Waals surface area contributed by atoms with Crippen molar-refractivity contribution in [1.29, 1.82) is 0 Å². The van der Waals surface area contributed by atoms with Gasteiger partial charge in [-0.3, -0.25) is 0 Å². The summed E-state index contributed by atoms with van der Waals surface area (Å²) in [7, 11) is 0. The van der Waals surface area contributed by atoms with Crippen molar-refractivity contribution >= 4 is 34.9 Å². The van der Waals surface area contributed by atoms with Crippen molar-refractivity contribution in [1.82, 2.24) is 15.3 Å². The van der Waals surface area contributed by atoms with E-state index < -0.39 is 0 Å². The summed E-state index contributed by atoms with van der Waals surface area (Å²) < 4.78 is 0. The van der Waals surface area contributed by atoms with Crippen molar-refractivity contribution in [2.75, 3.05) is 41.3 Å². The average molecular weight is 431 g/mol. The van der Waals surface area contributed by atoms with Crippen LogP contribution in [0.15, 0.2) is 6.07 Å². The summed E-state index contributed by atoms with van der Waals surface area (Å²) in [5.41, 5.74) is 0. The highest BCUT2D eigenvalue weighted by molar-refractivity contribution is 7.80. The summed E-state index contributed by atoms with van der Waals surface area (Å²) in [6.07, 6.45) is 11.2. The molecule has 0 unspecified atom stereocenters. The van der Waals surface area contributed by atoms with Crippen molar-refractivity contribution in [3.05, 3.63) is 6.07 Å². The Bertz CT molecular complexity index is 663. The minimum atomic E-state index is 0.480. The van der Waals surface area contributed by atoms with Gasteiger partial charge in [0.25, 0.3) is 0 Å². The van der Waals surface area contributed by atoms with Gasteiger partial charge in [0.05, 0.1) is 0 Å². The molecule has 2 saturated heterocycles. The van der Waals surface area contributed by atoms with Crippen LogP contribution < -0.4 is 20.4 Å². The summed E-state index contributed by atoms with van der Waals surface area (Å²) in [6, 6.07) is 2.67. The van der Waals surface area contributed by atoms with E-state index in [1.807, 2.05) is 0 Å². The molecule has 0 bridgehead atoms. The molecule has 1 aromatic rings. The Morgan fingerprint density at radius 2 is 1.33 bits per heavy atom. The molecule has 0 atom stereocenters. The number of nitrogens with one attached hydrogen (secondary N) is 2. The number of hydrogen-bond acceptors (Lipinski definition) is 5. The summed E-state index contributed by atoms with van der Waals surface area (Å²) >= 11 is 5.62. The number of piperidine rings is 2. The van der Waals surface area contributed by atoms with Crippen molar-refractivity contribution in [2.24, 2.45) is 11.8 Å². The minimum Gasteiger partial charge on any atom is -0.360 e. The third-order valence-electron chi connectivity index (χ3n) is 7.08. The van der Waals surface area contributed by atoms with Crippen LogP contribution in [-0.2, 0) is 0 Å². The molecule has 1 saturated carbocycles. The van der Waals surface area contributed by atoms with Crippen LogP contribution in [0.25, 0.3) is 0 Å². The zero-order valence-corrected chi connectivity index (χ0v) is 19.5. The van der Waals surface area contributed by atoms with Gasteiger partial charge in [-0.15, -0.1) is 0 Å². The molecule has 4 rings (SSSR count). The first-order chi connectivity index (χ1) is 14.6. The summed E-state index contributed by atoms with van der Waals surface area (Å²) in [6.45, 7) is 8.97. The van der Waals surface area contributed by atoms with Crippen LogP contribution in [0.3, 0.4) is 0 Å². The maximum Gasteiger partial charge on any atom is 0.232 e. The van der Waals surface area contributed by atoms with Gasteiger partial charge in [-0.05, 0) is 62.6 Å². The van der Waals surface area contributed by atoms with E-state index >= 15 is 0 Å². The molecule has 0 radical (unpaired) electrons. The topological polar surface area (TPSA) is 56.3 Å². The van der Waals surface area contributed by atoms with Crippen molar-refractivity contribution in [3.8, 4) is 0 Å². The largest absolute Gasteiger partial charge is 0.360 e. The van der Waals surface area contributed by atoms with Crippen LogP contribution in [0, 0.1) is 11.8 Å². The Morgan fingerprint density at radius 1 is 0.833 bits per heavy atom. The number of thiocarbonyl (C=S) groups is 1. The Morgan fingerprint density at radius 3 is 1.83 bits per heavy atom. The first-order valence-electron chi connectivity index (χ1n) is 12.0. The molecule has 0 spiro atoms. The van der Waals surface area contributed by atoms with Crippen LogP contribution in [0.2, 0.25) is 0 Å². The fourth-order valence-corrected chi connectivity index (χ4v) is 5.11. The van der Waals surface area contributed by atoms with Gasteiger partial charge in [0.1, 0.15) is 11.6 Å². The van der Waals surface area contributed by atoms with E-state index in [2.05, 4.69) is 40.3 Å². The summed E-state index contributed by atoms with van der Waals surface area (Å²) in [5.74, 6) is 4.31. The molecule has 0 aromatic carbocycles. The maximum atomic E-state index is 5.62. The maximum absolute atomic E-state index is 5.62. The lowest BCUT2D eigenvalue weighted by molar-refractivity contribution is 0.414. The summed E-state index contributed by atoms with van der Waals surface area (Å²) in [4.78, 5) is 14.6. The second kappa shape index (κ2) is 10.1. The molecule has 3 fully saturated rings. The second-order valence-electron chi connectivity index (χ2n) is 9.68. The van der Waals surface area contributed by atoms with E-state index in [1.165, 1.54) is 57.8 Å². The molecular formula is C23H38N6S. The highest BCUT2D eigenvalue weighted by Gasteiger charge is 2.23.